The number of fused-ring (bicyclic) bond motifs is 1. The number of amides is 1. The van der Waals surface area contributed by atoms with Crippen LogP contribution in [0.25, 0.3) is 10.9 Å². The largest absolute Gasteiger partial charge is 0.399 e. The van der Waals surface area contributed by atoms with Gasteiger partial charge >= 0.3 is 6.18 Å². The maximum atomic E-state index is 13.5. The van der Waals surface area contributed by atoms with Gasteiger partial charge in [0.2, 0.25) is 0 Å². The van der Waals surface area contributed by atoms with Gasteiger partial charge in [0.25, 0.3) is 5.91 Å². The zero-order valence-electron chi connectivity index (χ0n) is 17.6. The van der Waals surface area contributed by atoms with E-state index in [0.717, 1.165) is 31.6 Å². The number of hydrogen-bond acceptors (Lipinski definition) is 3. The van der Waals surface area contributed by atoms with E-state index in [-0.39, 0.29) is 22.8 Å². The summed E-state index contributed by atoms with van der Waals surface area (Å²) in [5, 5.41) is 7.81. The van der Waals surface area contributed by atoms with Crippen LogP contribution in [0.2, 0.25) is 0 Å². The molecule has 0 aliphatic rings. The van der Waals surface area contributed by atoms with Gasteiger partial charge in [-0.2, -0.15) is 18.3 Å². The molecular weight excluding hydrogens is 393 g/mol. The Hall–Kier alpha value is -2.90. The van der Waals surface area contributed by atoms with E-state index in [1.807, 2.05) is 25.5 Å². The fourth-order valence-electron chi connectivity index (χ4n) is 3.38. The third kappa shape index (κ3) is 3.78. The predicted molar refractivity (Wildman–Crippen MR) is 109 cm³/mol. The van der Waals surface area contributed by atoms with Crippen LogP contribution in [0.3, 0.4) is 0 Å². The van der Waals surface area contributed by atoms with E-state index in [1.165, 1.54) is 6.07 Å². The topological polar surface area (TPSA) is 59.8 Å². The van der Waals surface area contributed by atoms with E-state index in [9.17, 15) is 18.0 Å². The number of para-hydroxylation sites is 1. The third-order valence-corrected chi connectivity index (χ3v) is 5.57. The van der Waals surface area contributed by atoms with Crippen LogP contribution in [0.1, 0.15) is 61.0 Å². The summed E-state index contributed by atoms with van der Waals surface area (Å²) in [5.74, 6) is -0.397. The van der Waals surface area contributed by atoms with Crippen molar-refractivity contribution in [3.05, 3.63) is 59.0 Å². The van der Waals surface area contributed by atoms with Crippen LogP contribution >= 0.6 is 0 Å². The first-order chi connectivity index (χ1) is 14.0. The molecule has 0 spiro atoms. The summed E-state index contributed by atoms with van der Waals surface area (Å²) in [4.78, 5) is 17.2. The molecule has 0 aliphatic carbocycles. The van der Waals surface area contributed by atoms with Crippen molar-refractivity contribution >= 4 is 16.8 Å². The van der Waals surface area contributed by atoms with Crippen LogP contribution in [0.15, 0.2) is 36.5 Å². The molecule has 3 aromatic rings. The maximum Gasteiger partial charge on any atom is 0.399 e. The number of benzene rings is 1. The summed E-state index contributed by atoms with van der Waals surface area (Å²) in [5.41, 5.74) is 0.0608. The Bertz CT molecular complexity index is 1090. The number of nitrogens with one attached hydrogen (secondary N) is 1. The highest BCUT2D eigenvalue weighted by Crippen LogP contribution is 2.40. The second-order valence-corrected chi connectivity index (χ2v) is 7.89. The van der Waals surface area contributed by atoms with Gasteiger partial charge in [-0.1, -0.05) is 18.2 Å². The van der Waals surface area contributed by atoms with Crippen LogP contribution in [-0.2, 0) is 12.0 Å². The van der Waals surface area contributed by atoms with Crippen molar-refractivity contribution in [2.45, 2.75) is 58.8 Å². The van der Waals surface area contributed by atoms with Gasteiger partial charge in [0.15, 0.2) is 0 Å². The molecular formula is C22H25F3N4O. The molecule has 3 rings (SSSR count). The van der Waals surface area contributed by atoms with Gasteiger partial charge in [-0.05, 0) is 46.8 Å². The molecule has 2 heterocycles. The average Bonchev–Trinajstić information content (AvgIpc) is 3.06. The fraction of sp³-hybridized carbons (Fsp3) is 0.409. The SMILES string of the molecule is CCn1ncc(C(C)NC(=O)c2cccc3ccc(C(C)(C)C(F)(F)F)nc23)c1C. The van der Waals surface area contributed by atoms with Gasteiger partial charge in [0, 0.05) is 23.2 Å². The van der Waals surface area contributed by atoms with E-state index in [4.69, 9.17) is 0 Å². The monoisotopic (exact) mass is 418 g/mol. The van der Waals surface area contributed by atoms with Crippen LogP contribution < -0.4 is 5.32 Å². The van der Waals surface area contributed by atoms with Gasteiger partial charge in [-0.3, -0.25) is 14.5 Å². The van der Waals surface area contributed by atoms with Crippen LogP contribution in [0.4, 0.5) is 13.2 Å². The second-order valence-electron chi connectivity index (χ2n) is 7.89. The number of aryl methyl sites for hydroxylation is 1. The first-order valence-electron chi connectivity index (χ1n) is 9.77. The molecule has 30 heavy (non-hydrogen) atoms. The first-order valence-corrected chi connectivity index (χ1v) is 9.77. The van der Waals surface area contributed by atoms with Crippen molar-refractivity contribution in [3.8, 4) is 0 Å². The molecule has 1 amide bonds. The molecule has 1 atom stereocenters. The smallest absolute Gasteiger partial charge is 0.345 e. The molecule has 0 radical (unpaired) electrons. The van der Waals surface area contributed by atoms with E-state index < -0.39 is 17.5 Å². The number of nitrogens with zero attached hydrogens (tertiary/aromatic N) is 3. The summed E-state index contributed by atoms with van der Waals surface area (Å²) in [6.45, 7) is 8.64. The maximum absolute atomic E-state index is 13.5. The van der Waals surface area contributed by atoms with Crippen molar-refractivity contribution in [2.75, 3.05) is 0 Å². The quantitative estimate of drug-likeness (QED) is 0.628. The van der Waals surface area contributed by atoms with Crippen LogP contribution in [0.5, 0.6) is 0 Å². The summed E-state index contributed by atoms with van der Waals surface area (Å²) >= 11 is 0. The molecule has 1 N–H and O–H groups in total. The summed E-state index contributed by atoms with van der Waals surface area (Å²) in [6.07, 6.45) is -2.74. The standard InChI is InChI=1S/C22H25F3N4O/c1-6-29-14(3)17(12-26-29)13(2)27-20(30)16-9-7-8-15-10-11-18(28-19(15)16)21(4,5)22(23,24)25/h7-13H,6H2,1-5H3,(H,27,30). The average molecular weight is 418 g/mol. The zero-order valence-corrected chi connectivity index (χ0v) is 17.6. The molecule has 0 saturated carbocycles. The number of carbonyl (C=O) groups is 1. The molecule has 0 bridgehead atoms. The van der Waals surface area contributed by atoms with Gasteiger partial charge in [-0.25, -0.2) is 0 Å². The summed E-state index contributed by atoms with van der Waals surface area (Å²) < 4.78 is 42.3. The van der Waals surface area contributed by atoms with Gasteiger partial charge in [-0.15, -0.1) is 0 Å². The van der Waals surface area contributed by atoms with Crippen LogP contribution in [0, 0.1) is 6.92 Å². The molecule has 0 fully saturated rings. The molecule has 5 nitrogen and oxygen atoms in total. The second kappa shape index (κ2) is 7.74. The van der Waals surface area contributed by atoms with Gasteiger partial charge in [0.05, 0.1) is 29.0 Å². The zero-order chi connectivity index (χ0) is 22.3. The van der Waals surface area contributed by atoms with Crippen molar-refractivity contribution in [1.82, 2.24) is 20.1 Å². The Balaban J connectivity index is 1.97. The van der Waals surface area contributed by atoms with Crippen molar-refractivity contribution in [3.63, 3.8) is 0 Å². The molecule has 160 valence electrons. The van der Waals surface area contributed by atoms with Gasteiger partial charge < -0.3 is 5.32 Å². The Morgan fingerprint density at radius 3 is 2.50 bits per heavy atom. The Morgan fingerprint density at radius 2 is 1.90 bits per heavy atom. The lowest BCUT2D eigenvalue weighted by Gasteiger charge is -2.27. The van der Waals surface area contributed by atoms with E-state index in [2.05, 4.69) is 15.4 Å². The van der Waals surface area contributed by atoms with E-state index >= 15 is 0 Å². The van der Waals surface area contributed by atoms with Crippen molar-refractivity contribution < 1.29 is 18.0 Å². The predicted octanol–water partition coefficient (Wildman–Crippen LogP) is 5.09. The molecule has 1 aromatic carbocycles. The van der Waals surface area contributed by atoms with Gasteiger partial charge in [0.1, 0.15) is 5.41 Å². The normalized spacial score (nSPS) is 13.5. The van der Waals surface area contributed by atoms with Crippen molar-refractivity contribution in [1.29, 1.82) is 0 Å². The molecule has 1 unspecified atom stereocenters. The minimum absolute atomic E-state index is 0.129. The summed E-state index contributed by atoms with van der Waals surface area (Å²) in [7, 11) is 0. The summed E-state index contributed by atoms with van der Waals surface area (Å²) in [6, 6.07) is 7.61. The lowest BCUT2D eigenvalue weighted by molar-refractivity contribution is -0.181. The Morgan fingerprint density at radius 1 is 1.20 bits per heavy atom. The number of halogens is 3. The Labute approximate surface area is 173 Å². The lowest BCUT2D eigenvalue weighted by atomic mass is 9.87. The highest BCUT2D eigenvalue weighted by atomic mass is 19.4. The van der Waals surface area contributed by atoms with E-state index in [1.54, 1.807) is 30.5 Å². The lowest BCUT2D eigenvalue weighted by Crippen LogP contribution is -2.37. The molecule has 8 heteroatoms. The third-order valence-electron chi connectivity index (χ3n) is 5.57. The molecule has 0 aliphatic heterocycles. The number of carbonyl (C=O) groups excluding carboxylic acids is 1. The molecule has 0 saturated heterocycles. The number of rotatable bonds is 5. The van der Waals surface area contributed by atoms with Crippen molar-refractivity contribution in [2.24, 2.45) is 0 Å². The minimum Gasteiger partial charge on any atom is -0.345 e. The Kier molecular flexibility index (Phi) is 5.62. The molecule has 2 aromatic heterocycles. The number of hydrogen-bond donors (Lipinski definition) is 1. The fourth-order valence-corrected chi connectivity index (χ4v) is 3.38. The number of alkyl halides is 3. The number of pyridine rings is 1. The minimum atomic E-state index is -4.46. The first kappa shape index (κ1) is 21.8. The highest BCUT2D eigenvalue weighted by Gasteiger charge is 2.49. The number of aromatic nitrogens is 3. The van der Waals surface area contributed by atoms with Crippen LogP contribution in [-0.4, -0.2) is 26.8 Å². The van der Waals surface area contributed by atoms with E-state index in [0.29, 0.717) is 5.39 Å². The highest BCUT2D eigenvalue weighted by molar-refractivity contribution is 6.05.